The number of nitrogens with zero attached hydrogens (tertiary/aromatic N) is 1. The molecule has 0 radical (unpaired) electrons. The number of carbonyl (C=O) groups excluding carboxylic acids is 2. The van der Waals surface area contributed by atoms with Crippen molar-refractivity contribution in [3.05, 3.63) is 24.3 Å². The lowest BCUT2D eigenvalue weighted by Gasteiger charge is -2.15. The Morgan fingerprint density at radius 3 is 2.67 bits per heavy atom. The van der Waals surface area contributed by atoms with Gasteiger partial charge in [-0.05, 0) is 37.6 Å². The summed E-state index contributed by atoms with van der Waals surface area (Å²) in [5.74, 6) is -0.0676. The molecule has 21 heavy (non-hydrogen) atoms. The smallest absolute Gasteiger partial charge is 0.321 e. The zero-order valence-corrected chi connectivity index (χ0v) is 12.5. The van der Waals surface area contributed by atoms with Gasteiger partial charge in [0.25, 0.3) is 0 Å². The number of nitrogens with one attached hydrogen (secondary N) is 3. The van der Waals surface area contributed by atoms with Gasteiger partial charge in [-0.15, -0.1) is 0 Å². The van der Waals surface area contributed by atoms with Crippen molar-refractivity contribution in [2.75, 3.05) is 29.9 Å². The van der Waals surface area contributed by atoms with Crippen molar-refractivity contribution in [3.8, 4) is 0 Å². The highest BCUT2D eigenvalue weighted by molar-refractivity contribution is 5.95. The van der Waals surface area contributed by atoms with Crippen molar-refractivity contribution in [2.45, 2.75) is 26.3 Å². The van der Waals surface area contributed by atoms with Crippen molar-refractivity contribution >= 4 is 23.3 Å². The molecule has 0 spiro atoms. The number of urea groups is 1. The molecular formula is C15H22N4O2. The fourth-order valence-corrected chi connectivity index (χ4v) is 2.06. The van der Waals surface area contributed by atoms with Crippen LogP contribution in [0, 0.1) is 0 Å². The number of hydrogen-bond acceptors (Lipinski definition) is 3. The van der Waals surface area contributed by atoms with Crippen LogP contribution < -0.4 is 20.9 Å². The zero-order chi connectivity index (χ0) is 15.2. The maximum absolute atomic E-state index is 11.8. The van der Waals surface area contributed by atoms with Gasteiger partial charge in [-0.1, -0.05) is 6.92 Å². The Balaban J connectivity index is 1.87. The molecule has 6 heteroatoms. The van der Waals surface area contributed by atoms with Gasteiger partial charge in [0.1, 0.15) is 0 Å². The first-order valence-corrected chi connectivity index (χ1v) is 7.29. The summed E-state index contributed by atoms with van der Waals surface area (Å²) in [6, 6.07) is 7.53. The van der Waals surface area contributed by atoms with Gasteiger partial charge in [0.2, 0.25) is 5.91 Å². The second-order valence-corrected chi connectivity index (χ2v) is 5.17. The Hall–Kier alpha value is -2.08. The van der Waals surface area contributed by atoms with Gasteiger partial charge in [-0.2, -0.15) is 0 Å². The van der Waals surface area contributed by atoms with E-state index in [1.54, 1.807) is 4.90 Å². The van der Waals surface area contributed by atoms with E-state index in [2.05, 4.69) is 22.9 Å². The average Bonchev–Trinajstić information content (AvgIpc) is 2.91. The van der Waals surface area contributed by atoms with Gasteiger partial charge in [0.05, 0.1) is 6.54 Å². The van der Waals surface area contributed by atoms with Crippen LogP contribution in [0.25, 0.3) is 0 Å². The van der Waals surface area contributed by atoms with Gasteiger partial charge in [0.15, 0.2) is 0 Å². The first kappa shape index (κ1) is 15.3. The van der Waals surface area contributed by atoms with E-state index in [4.69, 9.17) is 0 Å². The van der Waals surface area contributed by atoms with Crippen molar-refractivity contribution < 1.29 is 9.59 Å². The molecule has 0 aliphatic carbocycles. The highest BCUT2D eigenvalue weighted by Crippen LogP contribution is 2.19. The molecule has 0 aromatic heterocycles. The molecular weight excluding hydrogens is 268 g/mol. The van der Waals surface area contributed by atoms with E-state index in [-0.39, 0.29) is 11.9 Å². The van der Waals surface area contributed by atoms with Crippen LogP contribution in [0.1, 0.15) is 20.3 Å². The number of rotatable bonds is 6. The standard InChI is InChI=1S/C15H22N4O2/c1-3-11(2)17-10-14(20)18-12-4-6-13(7-5-12)19-9-8-16-15(19)21/h4-7,11,17H,3,8-10H2,1-2H3,(H,16,21)(H,18,20). The van der Waals surface area contributed by atoms with Crippen LogP contribution >= 0.6 is 0 Å². The Morgan fingerprint density at radius 1 is 1.38 bits per heavy atom. The lowest BCUT2D eigenvalue weighted by atomic mass is 10.2. The first-order chi connectivity index (χ1) is 10.1. The Kier molecular flexibility index (Phi) is 5.16. The van der Waals surface area contributed by atoms with Gasteiger partial charge < -0.3 is 16.0 Å². The molecule has 1 aliphatic rings. The van der Waals surface area contributed by atoms with Crippen molar-refractivity contribution in [3.63, 3.8) is 0 Å². The van der Waals surface area contributed by atoms with Gasteiger partial charge in [-0.25, -0.2) is 4.79 Å². The highest BCUT2D eigenvalue weighted by atomic mass is 16.2. The molecule has 6 nitrogen and oxygen atoms in total. The summed E-state index contributed by atoms with van der Waals surface area (Å²) < 4.78 is 0. The Morgan fingerprint density at radius 2 is 2.10 bits per heavy atom. The molecule has 1 aromatic carbocycles. The molecule has 0 saturated carbocycles. The average molecular weight is 290 g/mol. The van der Waals surface area contributed by atoms with Crippen molar-refractivity contribution in [1.29, 1.82) is 0 Å². The molecule has 1 atom stereocenters. The molecule has 2 rings (SSSR count). The van der Waals surface area contributed by atoms with Crippen LogP contribution in [0.3, 0.4) is 0 Å². The fraction of sp³-hybridized carbons (Fsp3) is 0.467. The van der Waals surface area contributed by atoms with Crippen LogP contribution in [-0.2, 0) is 4.79 Å². The molecule has 1 aliphatic heterocycles. The van der Waals surface area contributed by atoms with E-state index in [1.165, 1.54) is 0 Å². The molecule has 1 aromatic rings. The number of benzene rings is 1. The maximum atomic E-state index is 11.8. The third-order valence-corrected chi connectivity index (χ3v) is 3.54. The summed E-state index contributed by atoms with van der Waals surface area (Å²) >= 11 is 0. The van der Waals surface area contributed by atoms with E-state index in [9.17, 15) is 9.59 Å². The molecule has 1 heterocycles. The number of hydrogen-bond donors (Lipinski definition) is 3. The monoisotopic (exact) mass is 290 g/mol. The molecule has 1 unspecified atom stereocenters. The topological polar surface area (TPSA) is 73.5 Å². The second kappa shape index (κ2) is 7.08. The number of amides is 3. The van der Waals surface area contributed by atoms with E-state index in [0.717, 1.165) is 17.8 Å². The molecule has 3 N–H and O–H groups in total. The third kappa shape index (κ3) is 4.19. The van der Waals surface area contributed by atoms with Crippen molar-refractivity contribution in [1.82, 2.24) is 10.6 Å². The summed E-state index contributed by atoms with van der Waals surface area (Å²) in [6.45, 7) is 5.75. The Labute approximate surface area is 124 Å². The third-order valence-electron chi connectivity index (χ3n) is 3.54. The minimum atomic E-state index is -0.0791. The largest absolute Gasteiger partial charge is 0.336 e. The SMILES string of the molecule is CCC(C)NCC(=O)Nc1ccc(N2CCNC2=O)cc1. The van der Waals surface area contributed by atoms with Crippen LogP contribution in [0.5, 0.6) is 0 Å². The summed E-state index contributed by atoms with van der Waals surface area (Å²) in [6.07, 6.45) is 0.986. The van der Waals surface area contributed by atoms with E-state index in [1.807, 2.05) is 31.2 Å². The summed E-state index contributed by atoms with van der Waals surface area (Å²) in [7, 11) is 0. The highest BCUT2D eigenvalue weighted by Gasteiger charge is 2.20. The molecule has 114 valence electrons. The first-order valence-electron chi connectivity index (χ1n) is 7.29. The van der Waals surface area contributed by atoms with E-state index >= 15 is 0 Å². The predicted molar refractivity (Wildman–Crippen MR) is 83.6 cm³/mol. The van der Waals surface area contributed by atoms with Gasteiger partial charge >= 0.3 is 6.03 Å². The van der Waals surface area contributed by atoms with Crippen LogP contribution in [-0.4, -0.2) is 37.6 Å². The van der Waals surface area contributed by atoms with Crippen LogP contribution in [0.15, 0.2) is 24.3 Å². The molecule has 0 bridgehead atoms. The molecule has 3 amide bonds. The second-order valence-electron chi connectivity index (χ2n) is 5.17. The Bertz CT molecular complexity index is 501. The van der Waals surface area contributed by atoms with Crippen LogP contribution in [0.2, 0.25) is 0 Å². The molecule has 1 fully saturated rings. The predicted octanol–water partition coefficient (Wildman–Crippen LogP) is 1.54. The minimum absolute atomic E-state index is 0.0676. The van der Waals surface area contributed by atoms with E-state index in [0.29, 0.717) is 25.7 Å². The minimum Gasteiger partial charge on any atom is -0.336 e. The van der Waals surface area contributed by atoms with Crippen LogP contribution in [0.4, 0.5) is 16.2 Å². The van der Waals surface area contributed by atoms with Gasteiger partial charge in [0, 0.05) is 30.5 Å². The summed E-state index contributed by atoms with van der Waals surface area (Å²) in [5.41, 5.74) is 1.56. The lowest BCUT2D eigenvalue weighted by molar-refractivity contribution is -0.115. The lowest BCUT2D eigenvalue weighted by Crippen LogP contribution is -2.34. The quantitative estimate of drug-likeness (QED) is 0.744. The van der Waals surface area contributed by atoms with Gasteiger partial charge in [-0.3, -0.25) is 9.69 Å². The number of carbonyl (C=O) groups is 2. The molecule has 1 saturated heterocycles. The summed E-state index contributed by atoms with van der Waals surface area (Å²) in [5, 5.41) is 8.73. The van der Waals surface area contributed by atoms with Crippen molar-refractivity contribution in [2.24, 2.45) is 0 Å². The fourth-order valence-electron chi connectivity index (χ4n) is 2.06. The normalized spacial score (nSPS) is 15.7. The zero-order valence-electron chi connectivity index (χ0n) is 12.5. The van der Waals surface area contributed by atoms with E-state index < -0.39 is 0 Å². The maximum Gasteiger partial charge on any atom is 0.321 e. The number of anilines is 2. The summed E-state index contributed by atoms with van der Waals surface area (Å²) in [4.78, 5) is 25.0.